The van der Waals surface area contributed by atoms with Gasteiger partial charge in [-0.3, -0.25) is 9.59 Å². The monoisotopic (exact) mass is 218 g/mol. The number of hydrogen-bond donors (Lipinski definition) is 1. The molecule has 5 nitrogen and oxygen atoms in total. The minimum Gasteiger partial charge on any atom is -0.481 e. The molecule has 82 valence electrons. The smallest absolute Gasteiger partial charge is 0.328 e. The number of aliphatic carboxylic acids is 1. The molecule has 0 radical (unpaired) electrons. The maximum atomic E-state index is 11.2. The Bertz CT molecular complexity index is 445. The largest absolute Gasteiger partial charge is 0.481 e. The highest BCUT2D eigenvalue weighted by atomic mass is 16.4. The van der Waals surface area contributed by atoms with Crippen LogP contribution < -0.4 is 0 Å². The second-order valence-corrected chi connectivity index (χ2v) is 3.20. The molecule has 0 heterocycles. The van der Waals surface area contributed by atoms with Gasteiger partial charge in [0.2, 0.25) is 0 Å². The van der Waals surface area contributed by atoms with E-state index in [4.69, 9.17) is 10.6 Å². The third-order valence-electron chi connectivity index (χ3n) is 2.04. The molecule has 0 amide bonds. The number of rotatable bonds is 5. The number of Topliss-reactive ketones (excluding diaryl/α,β-unsaturated/α-hetero) is 1. The second-order valence-electron chi connectivity index (χ2n) is 3.20. The van der Waals surface area contributed by atoms with Gasteiger partial charge in [-0.15, -0.1) is 0 Å². The van der Waals surface area contributed by atoms with Gasteiger partial charge in [-0.25, -0.2) is 0 Å². The molecule has 5 heteroatoms. The van der Waals surface area contributed by atoms with E-state index in [1.54, 1.807) is 24.3 Å². The van der Waals surface area contributed by atoms with Crippen molar-refractivity contribution in [3.8, 4) is 0 Å². The molecule has 0 aromatic heterocycles. The summed E-state index contributed by atoms with van der Waals surface area (Å²) in [5, 5.41) is 8.49. The van der Waals surface area contributed by atoms with E-state index in [9.17, 15) is 9.59 Å². The van der Waals surface area contributed by atoms with E-state index in [2.05, 4.69) is 4.79 Å². The maximum Gasteiger partial charge on any atom is 0.328 e. The van der Waals surface area contributed by atoms with Crippen molar-refractivity contribution in [3.63, 3.8) is 0 Å². The van der Waals surface area contributed by atoms with Crippen LogP contribution in [-0.4, -0.2) is 27.9 Å². The molecular formula is C11H10N2O3. The third kappa shape index (κ3) is 3.48. The molecule has 1 rings (SSSR count). The van der Waals surface area contributed by atoms with Gasteiger partial charge < -0.3 is 10.6 Å². The molecule has 1 aromatic rings. The normalized spacial score (nSPS) is 9.25. The lowest BCUT2D eigenvalue weighted by Crippen LogP contribution is -2.01. The number of carbonyl (C=O) groups excluding carboxylic acids is 1. The Morgan fingerprint density at radius 3 is 2.44 bits per heavy atom. The molecule has 16 heavy (non-hydrogen) atoms. The molecular weight excluding hydrogens is 208 g/mol. The number of carboxylic acids is 1. The number of aryl methyl sites for hydroxylation is 1. The molecule has 0 spiro atoms. The molecule has 0 aliphatic heterocycles. The first-order chi connectivity index (χ1) is 7.63. The van der Waals surface area contributed by atoms with Gasteiger partial charge in [0.05, 0.1) is 0 Å². The average molecular weight is 218 g/mol. The summed E-state index contributed by atoms with van der Waals surface area (Å²) in [6, 6.07) is 6.51. The number of hydrogen-bond acceptors (Lipinski definition) is 2. The summed E-state index contributed by atoms with van der Waals surface area (Å²) >= 11 is 0. The maximum absolute atomic E-state index is 11.2. The summed E-state index contributed by atoms with van der Waals surface area (Å²) in [5.74, 6) is -1.25. The van der Waals surface area contributed by atoms with E-state index in [0.717, 1.165) is 11.8 Å². The predicted molar refractivity (Wildman–Crippen MR) is 56.4 cm³/mol. The molecule has 0 aliphatic rings. The van der Waals surface area contributed by atoms with Gasteiger partial charge in [0.1, 0.15) is 0 Å². The van der Waals surface area contributed by atoms with Gasteiger partial charge in [0.25, 0.3) is 5.78 Å². The van der Waals surface area contributed by atoms with Crippen LogP contribution in [0.4, 0.5) is 0 Å². The summed E-state index contributed by atoms with van der Waals surface area (Å²) in [6.45, 7) is 0. The third-order valence-corrected chi connectivity index (χ3v) is 2.04. The standard InChI is InChI=1S/C11H10N2O3/c12-13-7-10(14)9-4-1-8(2-5-9)3-6-11(15)16/h1-2,4-5,7H,3,6H2,(H,15,16). The lowest BCUT2D eigenvalue weighted by Gasteiger charge is -1.98. The van der Waals surface area contributed by atoms with Gasteiger partial charge in [-0.05, 0) is 12.0 Å². The van der Waals surface area contributed by atoms with Crippen molar-refractivity contribution in [3.05, 3.63) is 40.9 Å². The molecule has 0 aliphatic carbocycles. The Morgan fingerprint density at radius 1 is 1.31 bits per heavy atom. The Hall–Kier alpha value is -2.26. The summed E-state index contributed by atoms with van der Waals surface area (Å²) in [7, 11) is 0. The molecule has 0 bridgehead atoms. The van der Waals surface area contributed by atoms with Crippen LogP contribution >= 0.6 is 0 Å². The Balaban J connectivity index is 2.71. The first kappa shape index (κ1) is 11.8. The highest BCUT2D eigenvalue weighted by Crippen LogP contribution is 2.06. The van der Waals surface area contributed by atoms with E-state index in [1.807, 2.05) is 0 Å². The van der Waals surface area contributed by atoms with E-state index in [-0.39, 0.29) is 6.42 Å². The van der Waals surface area contributed by atoms with Gasteiger partial charge in [-0.1, -0.05) is 24.3 Å². The van der Waals surface area contributed by atoms with Crippen LogP contribution in [0, 0.1) is 0 Å². The quantitative estimate of drug-likeness (QED) is 0.348. The van der Waals surface area contributed by atoms with Crippen molar-refractivity contribution in [2.45, 2.75) is 12.8 Å². The van der Waals surface area contributed by atoms with Gasteiger partial charge >= 0.3 is 12.2 Å². The average Bonchev–Trinajstić information content (AvgIpc) is 2.27. The van der Waals surface area contributed by atoms with Gasteiger partial charge in [-0.2, -0.15) is 4.79 Å². The Kier molecular flexibility index (Phi) is 4.12. The number of carbonyl (C=O) groups is 2. The fourth-order valence-corrected chi connectivity index (χ4v) is 1.21. The molecule has 0 saturated heterocycles. The summed E-state index contributed by atoms with van der Waals surface area (Å²) in [6.07, 6.45) is 1.30. The molecule has 0 saturated carbocycles. The van der Waals surface area contributed by atoms with Crippen molar-refractivity contribution >= 4 is 18.0 Å². The zero-order valence-corrected chi connectivity index (χ0v) is 8.46. The first-order valence-electron chi connectivity index (χ1n) is 4.66. The fraction of sp³-hybridized carbons (Fsp3) is 0.182. The minimum absolute atomic E-state index is 0.0609. The Morgan fingerprint density at radius 2 is 1.94 bits per heavy atom. The van der Waals surface area contributed by atoms with Crippen LogP contribution in [0.2, 0.25) is 0 Å². The van der Waals surface area contributed by atoms with Crippen molar-refractivity contribution in [2.75, 3.05) is 0 Å². The number of ketones is 1. The lowest BCUT2D eigenvalue weighted by molar-refractivity contribution is -0.136. The van der Waals surface area contributed by atoms with Gasteiger partial charge in [0, 0.05) is 12.0 Å². The minimum atomic E-state index is -0.854. The first-order valence-corrected chi connectivity index (χ1v) is 4.66. The number of carboxylic acid groups (broad SMARTS) is 1. The highest BCUT2D eigenvalue weighted by Gasteiger charge is 2.06. The number of nitrogens with zero attached hydrogens (tertiary/aromatic N) is 2. The highest BCUT2D eigenvalue weighted by molar-refractivity contribution is 6.33. The molecule has 1 aromatic carbocycles. The SMILES string of the molecule is [N-]=[N+]=CC(=O)c1ccc(CCC(=O)O)cc1. The summed E-state index contributed by atoms with van der Waals surface area (Å²) in [5.41, 5.74) is 9.43. The van der Waals surface area contributed by atoms with Crippen LogP contribution in [0.25, 0.3) is 5.53 Å². The molecule has 1 N–H and O–H groups in total. The van der Waals surface area contributed by atoms with E-state index in [0.29, 0.717) is 12.0 Å². The van der Waals surface area contributed by atoms with E-state index in [1.165, 1.54) is 0 Å². The van der Waals surface area contributed by atoms with E-state index < -0.39 is 11.8 Å². The van der Waals surface area contributed by atoms with Crippen LogP contribution in [0.5, 0.6) is 0 Å². The zero-order valence-electron chi connectivity index (χ0n) is 8.46. The summed E-state index contributed by atoms with van der Waals surface area (Å²) < 4.78 is 0. The molecule has 0 fully saturated rings. The van der Waals surface area contributed by atoms with Crippen molar-refractivity contribution in [1.82, 2.24) is 0 Å². The molecule has 0 unspecified atom stereocenters. The Labute approximate surface area is 92.0 Å². The van der Waals surface area contributed by atoms with Gasteiger partial charge in [0.15, 0.2) is 0 Å². The molecule has 0 atom stereocenters. The van der Waals surface area contributed by atoms with Crippen LogP contribution in [0.15, 0.2) is 24.3 Å². The predicted octanol–water partition coefficient (Wildman–Crippen LogP) is 1.19. The van der Waals surface area contributed by atoms with Crippen LogP contribution in [0.1, 0.15) is 22.3 Å². The zero-order chi connectivity index (χ0) is 12.0. The van der Waals surface area contributed by atoms with Crippen LogP contribution in [0.3, 0.4) is 0 Å². The van der Waals surface area contributed by atoms with E-state index >= 15 is 0 Å². The second kappa shape index (κ2) is 5.58. The van der Waals surface area contributed by atoms with Crippen molar-refractivity contribution in [2.24, 2.45) is 0 Å². The van der Waals surface area contributed by atoms with Crippen molar-refractivity contribution in [1.29, 1.82) is 0 Å². The number of benzene rings is 1. The van der Waals surface area contributed by atoms with Crippen LogP contribution in [-0.2, 0) is 11.2 Å². The topological polar surface area (TPSA) is 90.8 Å². The fourth-order valence-electron chi connectivity index (χ4n) is 1.21. The lowest BCUT2D eigenvalue weighted by atomic mass is 10.1. The van der Waals surface area contributed by atoms with Crippen molar-refractivity contribution < 1.29 is 19.5 Å². The summed E-state index contributed by atoms with van der Waals surface area (Å²) in [4.78, 5) is 24.2.